The van der Waals surface area contributed by atoms with Crippen molar-refractivity contribution in [2.45, 2.75) is 6.10 Å². The number of pyridine rings is 1. The molecule has 6 nitrogen and oxygen atoms in total. The molecule has 0 aliphatic carbocycles. The summed E-state index contributed by atoms with van der Waals surface area (Å²) in [4.78, 5) is 28.2. The molecule has 1 aliphatic rings. The zero-order valence-electron chi connectivity index (χ0n) is 9.68. The summed E-state index contributed by atoms with van der Waals surface area (Å²) in [5.41, 5.74) is 0.192. The highest BCUT2D eigenvalue weighted by molar-refractivity contribution is 6.34. The second-order valence-corrected chi connectivity index (χ2v) is 4.67. The molecule has 0 saturated carbocycles. The van der Waals surface area contributed by atoms with Crippen molar-refractivity contribution in [2.75, 3.05) is 19.7 Å². The van der Waals surface area contributed by atoms with E-state index in [1.165, 1.54) is 17.0 Å². The van der Waals surface area contributed by atoms with Gasteiger partial charge in [0.05, 0.1) is 18.7 Å². The normalized spacial score (nSPS) is 19.3. The molecule has 0 bridgehead atoms. The van der Waals surface area contributed by atoms with Gasteiger partial charge in [0.1, 0.15) is 10.3 Å². The van der Waals surface area contributed by atoms with E-state index in [-0.39, 0.29) is 34.9 Å². The Labute approximate surface area is 118 Å². The number of carbonyl (C=O) groups excluding carboxylic acids is 1. The SMILES string of the molecule is O=C(O)C1CN(C(=O)c2ccc(Cl)nc2Cl)CCO1. The molecule has 8 heteroatoms. The number of hydrogen-bond donors (Lipinski definition) is 1. The fourth-order valence-electron chi connectivity index (χ4n) is 1.73. The van der Waals surface area contributed by atoms with E-state index in [2.05, 4.69) is 4.98 Å². The summed E-state index contributed by atoms with van der Waals surface area (Å²) >= 11 is 11.5. The average molecular weight is 305 g/mol. The van der Waals surface area contributed by atoms with E-state index in [1.807, 2.05) is 0 Å². The molecule has 2 rings (SSSR count). The van der Waals surface area contributed by atoms with Gasteiger partial charge < -0.3 is 14.7 Å². The Morgan fingerprint density at radius 3 is 2.79 bits per heavy atom. The maximum atomic E-state index is 12.2. The van der Waals surface area contributed by atoms with Crippen LogP contribution in [0.15, 0.2) is 12.1 Å². The number of carboxylic acids is 1. The van der Waals surface area contributed by atoms with E-state index in [0.717, 1.165) is 0 Å². The molecule has 1 aromatic rings. The monoisotopic (exact) mass is 304 g/mol. The van der Waals surface area contributed by atoms with Crippen molar-refractivity contribution < 1.29 is 19.4 Å². The lowest BCUT2D eigenvalue weighted by Crippen LogP contribution is -2.48. The van der Waals surface area contributed by atoms with Crippen LogP contribution in [0.4, 0.5) is 0 Å². The number of hydrogen-bond acceptors (Lipinski definition) is 4. The third-order valence-corrected chi connectivity index (χ3v) is 3.17. The maximum Gasteiger partial charge on any atom is 0.334 e. The maximum absolute atomic E-state index is 12.2. The smallest absolute Gasteiger partial charge is 0.334 e. The lowest BCUT2D eigenvalue weighted by molar-refractivity contribution is -0.154. The summed E-state index contributed by atoms with van der Waals surface area (Å²) in [6, 6.07) is 2.92. The molecule has 1 aromatic heterocycles. The third kappa shape index (κ3) is 3.15. The van der Waals surface area contributed by atoms with Gasteiger partial charge in [-0.25, -0.2) is 9.78 Å². The number of nitrogens with zero attached hydrogens (tertiary/aromatic N) is 2. The Kier molecular flexibility index (Phi) is 4.24. The number of aromatic nitrogens is 1. The van der Waals surface area contributed by atoms with Crippen molar-refractivity contribution >= 4 is 35.1 Å². The molecule has 2 heterocycles. The van der Waals surface area contributed by atoms with E-state index < -0.39 is 12.1 Å². The number of carbonyl (C=O) groups is 2. The van der Waals surface area contributed by atoms with Gasteiger partial charge in [-0.1, -0.05) is 23.2 Å². The van der Waals surface area contributed by atoms with Crippen LogP contribution in [0.5, 0.6) is 0 Å². The highest BCUT2D eigenvalue weighted by Gasteiger charge is 2.30. The van der Waals surface area contributed by atoms with Crippen LogP contribution in [0, 0.1) is 0 Å². The van der Waals surface area contributed by atoms with Crippen LogP contribution in [0.2, 0.25) is 10.3 Å². The van der Waals surface area contributed by atoms with Crippen LogP contribution in [0.25, 0.3) is 0 Å². The van der Waals surface area contributed by atoms with E-state index in [0.29, 0.717) is 6.54 Å². The van der Waals surface area contributed by atoms with E-state index in [1.54, 1.807) is 0 Å². The fourth-order valence-corrected chi connectivity index (χ4v) is 2.15. The Hall–Kier alpha value is -1.37. The molecule has 1 N–H and O–H groups in total. The highest BCUT2D eigenvalue weighted by atomic mass is 35.5. The molecular weight excluding hydrogens is 295 g/mol. The van der Waals surface area contributed by atoms with Crippen molar-refractivity contribution in [1.82, 2.24) is 9.88 Å². The Balaban J connectivity index is 2.17. The first-order valence-electron chi connectivity index (χ1n) is 5.45. The van der Waals surface area contributed by atoms with Crippen LogP contribution in [-0.2, 0) is 9.53 Å². The zero-order valence-corrected chi connectivity index (χ0v) is 11.2. The minimum atomic E-state index is -1.10. The van der Waals surface area contributed by atoms with Gasteiger partial charge in [0.25, 0.3) is 5.91 Å². The summed E-state index contributed by atoms with van der Waals surface area (Å²) in [5.74, 6) is -1.48. The van der Waals surface area contributed by atoms with Gasteiger partial charge in [-0.15, -0.1) is 0 Å². The van der Waals surface area contributed by atoms with Crippen LogP contribution < -0.4 is 0 Å². The van der Waals surface area contributed by atoms with Gasteiger partial charge in [-0.05, 0) is 12.1 Å². The van der Waals surface area contributed by atoms with E-state index >= 15 is 0 Å². The van der Waals surface area contributed by atoms with Crippen molar-refractivity contribution in [3.05, 3.63) is 28.0 Å². The van der Waals surface area contributed by atoms with Gasteiger partial charge in [0, 0.05) is 6.54 Å². The predicted octanol–water partition coefficient (Wildman–Crippen LogP) is 1.31. The van der Waals surface area contributed by atoms with Crippen LogP contribution in [0.1, 0.15) is 10.4 Å². The number of morpholine rings is 1. The van der Waals surface area contributed by atoms with Crippen molar-refractivity contribution in [2.24, 2.45) is 0 Å². The largest absolute Gasteiger partial charge is 0.479 e. The number of aliphatic carboxylic acids is 1. The summed E-state index contributed by atoms with van der Waals surface area (Å²) in [7, 11) is 0. The zero-order chi connectivity index (χ0) is 14.0. The van der Waals surface area contributed by atoms with Crippen molar-refractivity contribution in [1.29, 1.82) is 0 Å². The molecular formula is C11H10Cl2N2O4. The quantitative estimate of drug-likeness (QED) is 0.833. The van der Waals surface area contributed by atoms with Gasteiger partial charge in [0.2, 0.25) is 0 Å². The van der Waals surface area contributed by atoms with Crippen molar-refractivity contribution in [3.63, 3.8) is 0 Å². The van der Waals surface area contributed by atoms with Crippen LogP contribution in [-0.4, -0.2) is 52.7 Å². The van der Waals surface area contributed by atoms with Gasteiger partial charge in [-0.3, -0.25) is 4.79 Å². The van der Waals surface area contributed by atoms with Crippen LogP contribution in [0.3, 0.4) is 0 Å². The molecule has 1 atom stereocenters. The molecule has 0 aromatic carbocycles. The fraction of sp³-hybridized carbons (Fsp3) is 0.364. The number of halogens is 2. The lowest BCUT2D eigenvalue weighted by atomic mass is 10.2. The summed E-state index contributed by atoms with van der Waals surface area (Å²) in [6.07, 6.45) is -1.02. The first-order valence-corrected chi connectivity index (χ1v) is 6.20. The molecule has 1 aliphatic heterocycles. The first kappa shape index (κ1) is 14.0. The number of ether oxygens (including phenoxy) is 1. The summed E-state index contributed by atoms with van der Waals surface area (Å²) in [6.45, 7) is 0.454. The van der Waals surface area contributed by atoms with Crippen LogP contribution >= 0.6 is 23.2 Å². The summed E-state index contributed by atoms with van der Waals surface area (Å²) < 4.78 is 5.04. The Morgan fingerprint density at radius 1 is 1.42 bits per heavy atom. The lowest BCUT2D eigenvalue weighted by Gasteiger charge is -2.31. The van der Waals surface area contributed by atoms with Gasteiger partial charge >= 0.3 is 5.97 Å². The van der Waals surface area contributed by atoms with E-state index in [9.17, 15) is 9.59 Å². The van der Waals surface area contributed by atoms with Crippen molar-refractivity contribution in [3.8, 4) is 0 Å². The standard InChI is InChI=1S/C11H10Cl2N2O4/c12-8-2-1-6(9(13)14-8)10(16)15-3-4-19-7(5-15)11(17)18/h1-2,7H,3-5H2,(H,17,18). The third-order valence-electron chi connectivity index (χ3n) is 2.67. The molecule has 1 saturated heterocycles. The minimum absolute atomic E-state index is 0.00383. The number of rotatable bonds is 2. The van der Waals surface area contributed by atoms with Gasteiger partial charge in [-0.2, -0.15) is 0 Å². The highest BCUT2D eigenvalue weighted by Crippen LogP contribution is 2.19. The molecule has 0 radical (unpaired) electrons. The minimum Gasteiger partial charge on any atom is -0.479 e. The van der Waals surface area contributed by atoms with E-state index in [4.69, 9.17) is 33.0 Å². The number of carboxylic acid groups (broad SMARTS) is 1. The molecule has 1 unspecified atom stereocenters. The molecule has 102 valence electrons. The second-order valence-electron chi connectivity index (χ2n) is 3.92. The predicted molar refractivity (Wildman–Crippen MR) is 67.5 cm³/mol. The molecule has 19 heavy (non-hydrogen) atoms. The summed E-state index contributed by atoms with van der Waals surface area (Å²) in [5, 5.41) is 9.06. The molecule has 1 fully saturated rings. The Bertz CT molecular complexity index is 523. The van der Waals surface area contributed by atoms with Gasteiger partial charge in [0.15, 0.2) is 6.10 Å². The molecule has 1 amide bonds. The average Bonchev–Trinajstić information content (AvgIpc) is 2.38. The second kappa shape index (κ2) is 5.73. The number of amides is 1. The molecule has 0 spiro atoms. The topological polar surface area (TPSA) is 79.7 Å². The first-order chi connectivity index (χ1) is 8.99. The Morgan fingerprint density at radius 2 is 2.16 bits per heavy atom.